The summed E-state index contributed by atoms with van der Waals surface area (Å²) in [6.07, 6.45) is 6.09. The highest BCUT2D eigenvalue weighted by molar-refractivity contribution is 7.97. The summed E-state index contributed by atoms with van der Waals surface area (Å²) in [5.41, 5.74) is 4.66. The van der Waals surface area contributed by atoms with Crippen LogP contribution in [0.4, 0.5) is 11.5 Å². The molecule has 1 aromatic carbocycles. The molecule has 1 aliphatic carbocycles. The third-order valence-corrected chi connectivity index (χ3v) is 5.91. The summed E-state index contributed by atoms with van der Waals surface area (Å²) < 4.78 is 1.96. The zero-order chi connectivity index (χ0) is 16.0. The van der Waals surface area contributed by atoms with E-state index >= 15 is 0 Å². The number of fused-ring (bicyclic) bond motifs is 2. The number of nitrogens with zero attached hydrogens (tertiary/aromatic N) is 3. The predicted molar refractivity (Wildman–Crippen MR) is 98.0 cm³/mol. The Balaban J connectivity index is 1.83. The van der Waals surface area contributed by atoms with Crippen LogP contribution >= 0.6 is 12.6 Å². The standard InChI is InChI=1S/C19H19N3S/c1-20-17-9-8-16(22(17)2)13-6-7-15-14(12-13)19(18(23)21-15)10-4-3-5-11-19/h6-9,12H,3-5,10-11H2,2H3,(H,21,23). The topological polar surface area (TPSA) is 21.6 Å². The van der Waals surface area contributed by atoms with Gasteiger partial charge in [-0.05, 0) is 48.7 Å². The molecule has 2 aliphatic rings. The molecule has 1 saturated carbocycles. The summed E-state index contributed by atoms with van der Waals surface area (Å²) in [7, 11) is 1.95. The van der Waals surface area contributed by atoms with Crippen molar-refractivity contribution in [1.82, 2.24) is 4.57 Å². The van der Waals surface area contributed by atoms with Crippen LogP contribution in [0, 0.1) is 6.57 Å². The zero-order valence-corrected chi connectivity index (χ0v) is 14.1. The first-order valence-electron chi connectivity index (χ1n) is 8.12. The Morgan fingerprint density at radius 3 is 2.65 bits per heavy atom. The molecule has 1 aromatic heterocycles. The van der Waals surface area contributed by atoms with Crippen molar-refractivity contribution < 1.29 is 0 Å². The molecule has 1 spiro atoms. The highest BCUT2D eigenvalue weighted by Crippen LogP contribution is 2.50. The third-order valence-electron chi connectivity index (χ3n) is 5.38. The summed E-state index contributed by atoms with van der Waals surface area (Å²) in [4.78, 5) is 8.30. The molecule has 0 unspecified atom stereocenters. The number of benzene rings is 1. The van der Waals surface area contributed by atoms with Gasteiger partial charge in [0.25, 0.3) is 0 Å². The van der Waals surface area contributed by atoms with Crippen molar-refractivity contribution in [3.05, 3.63) is 47.3 Å². The Kier molecular flexibility index (Phi) is 3.35. The number of rotatable bonds is 1. The average molecular weight is 321 g/mol. The minimum atomic E-state index is 0.0283. The Hall–Kier alpha value is -1.99. The van der Waals surface area contributed by atoms with Crippen LogP contribution in [-0.4, -0.2) is 9.61 Å². The minimum Gasteiger partial charge on any atom is -0.364 e. The van der Waals surface area contributed by atoms with Crippen LogP contribution in [0.3, 0.4) is 0 Å². The van der Waals surface area contributed by atoms with Crippen molar-refractivity contribution in [3.8, 4) is 11.3 Å². The number of hydrogen-bond donors (Lipinski definition) is 1. The predicted octanol–water partition coefficient (Wildman–Crippen LogP) is 5.42. The van der Waals surface area contributed by atoms with Crippen LogP contribution in [0.2, 0.25) is 0 Å². The van der Waals surface area contributed by atoms with E-state index in [4.69, 9.17) is 24.2 Å². The van der Waals surface area contributed by atoms with Gasteiger partial charge < -0.3 is 4.85 Å². The van der Waals surface area contributed by atoms with Gasteiger partial charge in [0.15, 0.2) is 0 Å². The van der Waals surface area contributed by atoms with E-state index in [9.17, 15) is 0 Å². The first-order valence-corrected chi connectivity index (χ1v) is 8.57. The second-order valence-corrected chi connectivity index (χ2v) is 6.98. The Bertz CT molecular complexity index is 848. The summed E-state index contributed by atoms with van der Waals surface area (Å²) in [6.45, 7) is 7.24. The highest BCUT2D eigenvalue weighted by atomic mass is 32.1. The van der Waals surface area contributed by atoms with E-state index in [0.717, 1.165) is 34.8 Å². The molecule has 4 heteroatoms. The Morgan fingerprint density at radius 1 is 1.17 bits per heavy atom. The first-order chi connectivity index (χ1) is 11.2. The molecule has 4 rings (SSSR count). The Labute approximate surface area is 142 Å². The van der Waals surface area contributed by atoms with Crippen molar-refractivity contribution in [2.45, 2.75) is 37.5 Å². The molecular formula is C19H19N3S. The molecule has 23 heavy (non-hydrogen) atoms. The molecule has 0 atom stereocenters. The van der Waals surface area contributed by atoms with Crippen molar-refractivity contribution in [2.75, 3.05) is 0 Å². The van der Waals surface area contributed by atoms with Crippen LogP contribution < -0.4 is 0 Å². The Morgan fingerprint density at radius 2 is 1.96 bits per heavy atom. The summed E-state index contributed by atoms with van der Waals surface area (Å²) in [5.74, 6) is 0.666. The van der Waals surface area contributed by atoms with E-state index in [2.05, 4.69) is 23.0 Å². The summed E-state index contributed by atoms with van der Waals surface area (Å²) >= 11 is 4.73. The number of thiol groups is 1. The van der Waals surface area contributed by atoms with Crippen LogP contribution in [0.15, 0.2) is 35.3 Å². The van der Waals surface area contributed by atoms with E-state index in [0.29, 0.717) is 5.82 Å². The quantitative estimate of drug-likeness (QED) is 0.535. The lowest BCUT2D eigenvalue weighted by atomic mass is 9.70. The molecular weight excluding hydrogens is 302 g/mol. The van der Waals surface area contributed by atoms with Crippen LogP contribution in [0.1, 0.15) is 37.7 Å². The van der Waals surface area contributed by atoms with Crippen LogP contribution in [0.25, 0.3) is 16.1 Å². The maximum Gasteiger partial charge on any atom is 0.230 e. The van der Waals surface area contributed by atoms with Crippen molar-refractivity contribution in [3.63, 3.8) is 0 Å². The van der Waals surface area contributed by atoms with Crippen molar-refractivity contribution in [2.24, 2.45) is 12.0 Å². The zero-order valence-electron chi connectivity index (χ0n) is 13.2. The molecule has 0 radical (unpaired) electrons. The van der Waals surface area contributed by atoms with Crippen LogP contribution in [0.5, 0.6) is 0 Å². The van der Waals surface area contributed by atoms with Gasteiger partial charge in [0.2, 0.25) is 5.82 Å². The molecule has 0 amide bonds. The van der Waals surface area contributed by atoms with Gasteiger partial charge >= 0.3 is 0 Å². The molecule has 116 valence electrons. The van der Waals surface area contributed by atoms with Crippen molar-refractivity contribution in [1.29, 1.82) is 0 Å². The minimum absolute atomic E-state index is 0.0283. The molecule has 0 bridgehead atoms. The van der Waals surface area contributed by atoms with Gasteiger partial charge in [-0.3, -0.25) is 4.57 Å². The largest absolute Gasteiger partial charge is 0.364 e. The average Bonchev–Trinajstić information content (AvgIpc) is 3.07. The van der Waals surface area contributed by atoms with Gasteiger partial charge in [0, 0.05) is 11.0 Å². The molecule has 3 nitrogen and oxygen atoms in total. The molecule has 0 N–H and O–H groups in total. The fourth-order valence-corrected chi connectivity index (χ4v) is 4.52. The van der Waals surface area contributed by atoms with E-state index in [1.54, 1.807) is 0 Å². The van der Waals surface area contributed by atoms with Crippen molar-refractivity contribution >= 4 is 29.2 Å². The highest BCUT2D eigenvalue weighted by Gasteiger charge is 2.42. The smallest absolute Gasteiger partial charge is 0.230 e. The third kappa shape index (κ3) is 2.07. The number of aliphatic imine (C=N–C) groups is 1. The summed E-state index contributed by atoms with van der Waals surface area (Å²) in [5, 5.41) is 0.984. The normalized spacial score (nSPS) is 18.6. The van der Waals surface area contributed by atoms with Gasteiger partial charge in [-0.1, -0.05) is 25.8 Å². The number of hydrogen-bond acceptors (Lipinski definition) is 1. The monoisotopic (exact) mass is 321 g/mol. The molecule has 1 aliphatic heterocycles. The van der Waals surface area contributed by atoms with E-state index < -0.39 is 0 Å². The van der Waals surface area contributed by atoms with E-state index in [1.807, 2.05) is 23.7 Å². The second kappa shape index (κ2) is 5.28. The molecule has 0 saturated heterocycles. The van der Waals surface area contributed by atoms with E-state index in [1.165, 1.54) is 24.8 Å². The van der Waals surface area contributed by atoms with Gasteiger partial charge in [-0.25, -0.2) is 4.99 Å². The molecule has 2 aromatic rings. The lowest BCUT2D eigenvalue weighted by Crippen LogP contribution is -2.32. The van der Waals surface area contributed by atoms with Gasteiger partial charge in [0.1, 0.15) is 5.69 Å². The lowest BCUT2D eigenvalue weighted by molar-refractivity contribution is 0.390. The fraction of sp³-hybridized carbons (Fsp3) is 0.368. The SMILES string of the molecule is [C-]#[N+]c1ccc(-c2ccc3c(c2)C2(CCCCC2)C(S)=N3)n1C. The lowest BCUT2D eigenvalue weighted by Gasteiger charge is -2.34. The van der Waals surface area contributed by atoms with Crippen LogP contribution in [-0.2, 0) is 12.5 Å². The fourth-order valence-electron chi connectivity index (χ4n) is 4.07. The van der Waals surface area contributed by atoms with Gasteiger partial charge in [0.05, 0.1) is 17.8 Å². The maximum absolute atomic E-state index is 7.24. The second-order valence-electron chi connectivity index (χ2n) is 6.56. The maximum atomic E-state index is 7.24. The summed E-state index contributed by atoms with van der Waals surface area (Å²) in [6, 6.07) is 10.4. The first kappa shape index (κ1) is 14.6. The van der Waals surface area contributed by atoms with Gasteiger partial charge in [-0.15, -0.1) is 12.6 Å². The van der Waals surface area contributed by atoms with E-state index in [-0.39, 0.29) is 5.41 Å². The molecule has 1 fully saturated rings. The number of aromatic nitrogens is 1. The van der Waals surface area contributed by atoms with Gasteiger partial charge in [-0.2, -0.15) is 0 Å². The molecule has 2 heterocycles.